The van der Waals surface area contributed by atoms with E-state index >= 15 is 0 Å². The number of aliphatic hydroxyl groups is 1. The molecule has 1 aliphatic heterocycles. The van der Waals surface area contributed by atoms with Crippen molar-refractivity contribution in [3.63, 3.8) is 0 Å². The summed E-state index contributed by atoms with van der Waals surface area (Å²) >= 11 is 0. The van der Waals surface area contributed by atoms with Crippen molar-refractivity contribution in [3.05, 3.63) is 0 Å². The molecule has 2 unspecified atom stereocenters. The molecule has 0 bridgehead atoms. The molecule has 1 amide bonds. The minimum atomic E-state index is -0.316. The summed E-state index contributed by atoms with van der Waals surface area (Å²) in [5.41, 5.74) is 0. The van der Waals surface area contributed by atoms with E-state index < -0.39 is 0 Å². The minimum Gasteiger partial charge on any atom is -0.387 e. The zero-order valence-electron chi connectivity index (χ0n) is 8.61. The fourth-order valence-electron chi connectivity index (χ4n) is 3.03. The molecule has 0 aromatic rings. The molecule has 0 aromatic heterocycles. The number of fused-ring (bicyclic) bond motifs is 1. The lowest BCUT2D eigenvalue weighted by Crippen LogP contribution is -2.50. The van der Waals surface area contributed by atoms with Crippen LogP contribution in [0.2, 0.25) is 0 Å². The standard InChI is InChI=1S/C11H19NO2/c13-8-11(14)12-7-3-5-9-4-1-2-6-10(9)12/h9-10,13H,1-8H2. The molecule has 0 spiro atoms. The number of carbonyl (C=O) groups is 1. The summed E-state index contributed by atoms with van der Waals surface area (Å²) in [6, 6.07) is 0.442. The van der Waals surface area contributed by atoms with Crippen LogP contribution in [0.4, 0.5) is 0 Å². The zero-order valence-corrected chi connectivity index (χ0v) is 8.61. The monoisotopic (exact) mass is 197 g/mol. The van der Waals surface area contributed by atoms with Gasteiger partial charge in [0.25, 0.3) is 0 Å². The van der Waals surface area contributed by atoms with E-state index in [1.807, 2.05) is 4.90 Å². The Labute approximate surface area is 85.1 Å². The van der Waals surface area contributed by atoms with Gasteiger partial charge in [-0.25, -0.2) is 0 Å². The smallest absolute Gasteiger partial charge is 0.248 e. The third-order valence-electron chi connectivity index (χ3n) is 3.70. The van der Waals surface area contributed by atoms with Crippen LogP contribution in [0.5, 0.6) is 0 Å². The molecule has 1 heterocycles. The summed E-state index contributed by atoms with van der Waals surface area (Å²) in [6.45, 7) is 0.545. The SMILES string of the molecule is O=C(CO)N1CCCC2CCCCC21. The van der Waals surface area contributed by atoms with Crippen LogP contribution in [-0.4, -0.2) is 35.1 Å². The van der Waals surface area contributed by atoms with Crippen molar-refractivity contribution in [3.8, 4) is 0 Å². The number of nitrogens with zero attached hydrogens (tertiary/aromatic N) is 1. The average molecular weight is 197 g/mol. The Balaban J connectivity index is 2.04. The second-order valence-electron chi connectivity index (χ2n) is 4.50. The van der Waals surface area contributed by atoms with Crippen LogP contribution in [0.15, 0.2) is 0 Å². The Morgan fingerprint density at radius 2 is 1.93 bits per heavy atom. The molecular formula is C11H19NO2. The minimum absolute atomic E-state index is 0.0680. The number of hydrogen-bond acceptors (Lipinski definition) is 2. The number of aliphatic hydroxyl groups excluding tert-OH is 1. The van der Waals surface area contributed by atoms with Gasteiger partial charge in [0.1, 0.15) is 6.61 Å². The highest BCUT2D eigenvalue weighted by Crippen LogP contribution is 2.35. The van der Waals surface area contributed by atoms with Crippen molar-refractivity contribution in [1.82, 2.24) is 4.90 Å². The lowest BCUT2D eigenvalue weighted by atomic mass is 9.78. The summed E-state index contributed by atoms with van der Waals surface area (Å²) in [7, 11) is 0. The number of rotatable bonds is 1. The van der Waals surface area contributed by atoms with Gasteiger partial charge in [0.2, 0.25) is 5.91 Å². The fraction of sp³-hybridized carbons (Fsp3) is 0.909. The van der Waals surface area contributed by atoms with E-state index in [1.54, 1.807) is 0 Å². The number of amides is 1. The quantitative estimate of drug-likeness (QED) is 0.685. The molecule has 2 rings (SSSR count). The molecule has 1 saturated heterocycles. The Morgan fingerprint density at radius 1 is 1.21 bits per heavy atom. The van der Waals surface area contributed by atoms with Gasteiger partial charge in [-0.3, -0.25) is 4.79 Å². The maximum atomic E-state index is 11.5. The molecule has 2 aliphatic rings. The van der Waals surface area contributed by atoms with E-state index in [2.05, 4.69) is 0 Å². The largest absolute Gasteiger partial charge is 0.387 e. The van der Waals surface area contributed by atoms with Gasteiger partial charge in [0, 0.05) is 12.6 Å². The predicted molar refractivity (Wildman–Crippen MR) is 53.8 cm³/mol. The fourth-order valence-corrected chi connectivity index (χ4v) is 3.03. The lowest BCUT2D eigenvalue weighted by molar-refractivity contribution is -0.140. The molecule has 3 nitrogen and oxygen atoms in total. The third kappa shape index (κ3) is 1.78. The number of carbonyl (C=O) groups excluding carboxylic acids is 1. The van der Waals surface area contributed by atoms with Crippen LogP contribution in [-0.2, 0) is 4.79 Å². The van der Waals surface area contributed by atoms with Crippen molar-refractivity contribution in [2.45, 2.75) is 44.6 Å². The first-order chi connectivity index (χ1) is 6.83. The van der Waals surface area contributed by atoms with Crippen molar-refractivity contribution < 1.29 is 9.90 Å². The number of hydrogen-bond donors (Lipinski definition) is 1. The lowest BCUT2D eigenvalue weighted by Gasteiger charge is -2.43. The molecule has 0 aromatic carbocycles. The third-order valence-corrected chi connectivity index (χ3v) is 3.70. The van der Waals surface area contributed by atoms with E-state index in [4.69, 9.17) is 5.11 Å². The van der Waals surface area contributed by atoms with Crippen molar-refractivity contribution in [2.24, 2.45) is 5.92 Å². The van der Waals surface area contributed by atoms with Crippen LogP contribution >= 0.6 is 0 Å². The highest BCUT2D eigenvalue weighted by Gasteiger charge is 2.35. The van der Waals surface area contributed by atoms with E-state index in [9.17, 15) is 4.79 Å². The van der Waals surface area contributed by atoms with E-state index in [0.717, 1.165) is 19.4 Å². The van der Waals surface area contributed by atoms with E-state index in [0.29, 0.717) is 12.0 Å². The Kier molecular flexibility index (Phi) is 3.06. The first-order valence-corrected chi connectivity index (χ1v) is 5.73. The van der Waals surface area contributed by atoms with Gasteiger partial charge >= 0.3 is 0 Å². The van der Waals surface area contributed by atoms with Crippen molar-refractivity contribution in [2.75, 3.05) is 13.2 Å². The van der Waals surface area contributed by atoms with Crippen LogP contribution in [0.25, 0.3) is 0 Å². The van der Waals surface area contributed by atoms with Gasteiger partial charge in [-0.1, -0.05) is 12.8 Å². The predicted octanol–water partition coefficient (Wildman–Crippen LogP) is 1.16. The number of likely N-dealkylation sites (tertiary alicyclic amines) is 1. The highest BCUT2D eigenvalue weighted by atomic mass is 16.3. The average Bonchev–Trinajstić information content (AvgIpc) is 2.27. The van der Waals surface area contributed by atoms with Crippen LogP contribution in [0.3, 0.4) is 0 Å². The first-order valence-electron chi connectivity index (χ1n) is 5.73. The molecule has 14 heavy (non-hydrogen) atoms. The van der Waals surface area contributed by atoms with Gasteiger partial charge in [-0.05, 0) is 31.6 Å². The zero-order chi connectivity index (χ0) is 9.97. The van der Waals surface area contributed by atoms with Gasteiger partial charge in [0.05, 0.1) is 0 Å². The van der Waals surface area contributed by atoms with Crippen LogP contribution < -0.4 is 0 Å². The van der Waals surface area contributed by atoms with Gasteiger partial charge in [0.15, 0.2) is 0 Å². The van der Waals surface area contributed by atoms with Crippen LogP contribution in [0.1, 0.15) is 38.5 Å². The summed E-state index contributed by atoms with van der Waals surface area (Å²) in [4.78, 5) is 13.4. The maximum absolute atomic E-state index is 11.5. The maximum Gasteiger partial charge on any atom is 0.248 e. The summed E-state index contributed by atoms with van der Waals surface area (Å²) in [5, 5.41) is 8.89. The van der Waals surface area contributed by atoms with Gasteiger partial charge < -0.3 is 10.0 Å². The Morgan fingerprint density at radius 3 is 2.71 bits per heavy atom. The molecule has 3 heteroatoms. The molecular weight excluding hydrogens is 178 g/mol. The topological polar surface area (TPSA) is 40.5 Å². The summed E-state index contributed by atoms with van der Waals surface area (Å²) in [6.07, 6.45) is 7.39. The number of piperidine rings is 1. The summed E-state index contributed by atoms with van der Waals surface area (Å²) < 4.78 is 0. The Hall–Kier alpha value is -0.570. The summed E-state index contributed by atoms with van der Waals surface area (Å²) in [5.74, 6) is 0.648. The molecule has 1 N–H and O–H groups in total. The van der Waals surface area contributed by atoms with Gasteiger partial charge in [-0.15, -0.1) is 0 Å². The van der Waals surface area contributed by atoms with E-state index in [-0.39, 0.29) is 12.5 Å². The molecule has 1 aliphatic carbocycles. The first kappa shape index (κ1) is 9.97. The Bertz CT molecular complexity index is 215. The van der Waals surface area contributed by atoms with Gasteiger partial charge in [-0.2, -0.15) is 0 Å². The molecule has 0 radical (unpaired) electrons. The van der Waals surface area contributed by atoms with Crippen LogP contribution in [0, 0.1) is 5.92 Å². The molecule has 2 atom stereocenters. The van der Waals surface area contributed by atoms with Crippen molar-refractivity contribution >= 4 is 5.91 Å². The second kappa shape index (κ2) is 4.30. The second-order valence-corrected chi connectivity index (χ2v) is 4.50. The molecule has 2 fully saturated rings. The van der Waals surface area contributed by atoms with Crippen molar-refractivity contribution in [1.29, 1.82) is 0 Å². The molecule has 1 saturated carbocycles. The molecule has 80 valence electrons. The normalized spacial score (nSPS) is 32.5. The van der Waals surface area contributed by atoms with E-state index in [1.165, 1.54) is 25.7 Å². The highest BCUT2D eigenvalue weighted by molar-refractivity contribution is 5.77.